The van der Waals surface area contributed by atoms with Crippen molar-refractivity contribution in [2.75, 3.05) is 0 Å². The van der Waals surface area contributed by atoms with E-state index in [-0.39, 0.29) is 0 Å². The van der Waals surface area contributed by atoms with Gasteiger partial charge in [0.25, 0.3) is 0 Å². The van der Waals surface area contributed by atoms with Crippen molar-refractivity contribution in [3.63, 3.8) is 0 Å². The quantitative estimate of drug-likeness (QED) is 0.755. The fraction of sp³-hybridized carbons (Fsp3) is 0.636. The van der Waals surface area contributed by atoms with Crippen LogP contribution in [-0.2, 0) is 6.42 Å². The van der Waals surface area contributed by atoms with E-state index in [0.29, 0.717) is 12.1 Å². The van der Waals surface area contributed by atoms with Crippen LogP contribution in [0.25, 0.3) is 0 Å². The predicted octanol–water partition coefficient (Wildman–Crippen LogP) is 2.66. The molecule has 0 bridgehead atoms. The van der Waals surface area contributed by atoms with Crippen molar-refractivity contribution < 1.29 is 4.42 Å². The SMILES string of the molecule is CC(C)NC1CCCc2occc21. The number of furan rings is 1. The van der Waals surface area contributed by atoms with E-state index in [2.05, 4.69) is 25.2 Å². The van der Waals surface area contributed by atoms with E-state index in [1.54, 1.807) is 0 Å². The van der Waals surface area contributed by atoms with Crippen LogP contribution in [0.2, 0.25) is 0 Å². The summed E-state index contributed by atoms with van der Waals surface area (Å²) in [5.41, 5.74) is 1.37. The molecule has 0 radical (unpaired) electrons. The van der Waals surface area contributed by atoms with E-state index in [1.165, 1.54) is 24.2 Å². The summed E-state index contributed by atoms with van der Waals surface area (Å²) in [4.78, 5) is 0. The Morgan fingerprint density at radius 3 is 3.15 bits per heavy atom. The van der Waals surface area contributed by atoms with Crippen LogP contribution in [0.5, 0.6) is 0 Å². The molecule has 1 atom stereocenters. The molecule has 1 heterocycles. The normalized spacial score (nSPS) is 21.9. The molecule has 1 aliphatic rings. The first-order valence-corrected chi connectivity index (χ1v) is 5.09. The fourth-order valence-electron chi connectivity index (χ4n) is 2.06. The molecule has 0 aromatic carbocycles. The summed E-state index contributed by atoms with van der Waals surface area (Å²) >= 11 is 0. The molecule has 0 saturated carbocycles. The standard InChI is InChI=1S/C11H17NO/c1-8(2)12-10-4-3-5-11-9(10)6-7-13-11/h6-8,10,12H,3-5H2,1-2H3. The second-order valence-corrected chi connectivity index (χ2v) is 4.07. The van der Waals surface area contributed by atoms with Crippen LogP contribution in [0.4, 0.5) is 0 Å². The highest BCUT2D eigenvalue weighted by Gasteiger charge is 2.22. The summed E-state index contributed by atoms with van der Waals surface area (Å²) in [6.07, 6.45) is 5.40. The van der Waals surface area contributed by atoms with Crippen LogP contribution in [0.15, 0.2) is 16.7 Å². The van der Waals surface area contributed by atoms with Gasteiger partial charge in [-0.2, -0.15) is 0 Å². The maximum Gasteiger partial charge on any atom is 0.108 e. The second-order valence-electron chi connectivity index (χ2n) is 4.07. The molecule has 0 fully saturated rings. The summed E-state index contributed by atoms with van der Waals surface area (Å²) in [5.74, 6) is 1.18. The highest BCUT2D eigenvalue weighted by Crippen LogP contribution is 2.30. The van der Waals surface area contributed by atoms with Crippen LogP contribution in [0.1, 0.15) is 44.1 Å². The summed E-state index contributed by atoms with van der Waals surface area (Å²) in [5, 5.41) is 3.56. The molecule has 0 amide bonds. The molecule has 13 heavy (non-hydrogen) atoms. The van der Waals surface area contributed by atoms with Gasteiger partial charge in [-0.15, -0.1) is 0 Å². The van der Waals surface area contributed by atoms with Crippen molar-refractivity contribution in [2.45, 2.75) is 45.2 Å². The van der Waals surface area contributed by atoms with Crippen molar-refractivity contribution in [2.24, 2.45) is 0 Å². The largest absolute Gasteiger partial charge is 0.469 e. The van der Waals surface area contributed by atoms with Crippen LogP contribution in [-0.4, -0.2) is 6.04 Å². The van der Waals surface area contributed by atoms with Gasteiger partial charge in [-0.3, -0.25) is 0 Å². The van der Waals surface area contributed by atoms with Gasteiger partial charge < -0.3 is 9.73 Å². The Morgan fingerprint density at radius 1 is 1.54 bits per heavy atom. The number of hydrogen-bond acceptors (Lipinski definition) is 2. The smallest absolute Gasteiger partial charge is 0.108 e. The van der Waals surface area contributed by atoms with Gasteiger partial charge in [0.1, 0.15) is 5.76 Å². The van der Waals surface area contributed by atoms with Gasteiger partial charge in [-0.25, -0.2) is 0 Å². The highest BCUT2D eigenvalue weighted by molar-refractivity contribution is 5.24. The molecule has 0 saturated heterocycles. The third-order valence-electron chi connectivity index (χ3n) is 2.59. The van der Waals surface area contributed by atoms with E-state index >= 15 is 0 Å². The molecular formula is C11H17NO. The van der Waals surface area contributed by atoms with E-state index < -0.39 is 0 Å². The van der Waals surface area contributed by atoms with Gasteiger partial charge >= 0.3 is 0 Å². The van der Waals surface area contributed by atoms with E-state index in [1.807, 2.05) is 6.26 Å². The van der Waals surface area contributed by atoms with Crippen molar-refractivity contribution in [3.05, 3.63) is 23.7 Å². The topological polar surface area (TPSA) is 25.2 Å². The third kappa shape index (κ3) is 1.78. The zero-order valence-corrected chi connectivity index (χ0v) is 8.34. The first kappa shape index (κ1) is 8.82. The molecule has 1 unspecified atom stereocenters. The lowest BCUT2D eigenvalue weighted by atomic mass is 9.93. The molecular weight excluding hydrogens is 162 g/mol. The average Bonchev–Trinajstić information content (AvgIpc) is 2.51. The number of hydrogen-bond donors (Lipinski definition) is 1. The summed E-state index contributed by atoms with van der Waals surface area (Å²) in [6, 6.07) is 3.17. The van der Waals surface area contributed by atoms with Crippen LogP contribution >= 0.6 is 0 Å². The predicted molar refractivity (Wildman–Crippen MR) is 52.7 cm³/mol. The second kappa shape index (κ2) is 3.54. The number of nitrogens with one attached hydrogen (secondary N) is 1. The van der Waals surface area contributed by atoms with Gasteiger partial charge in [-0.1, -0.05) is 13.8 Å². The van der Waals surface area contributed by atoms with Crippen molar-refractivity contribution >= 4 is 0 Å². The van der Waals surface area contributed by atoms with Gasteiger partial charge in [0.2, 0.25) is 0 Å². The minimum Gasteiger partial charge on any atom is -0.469 e. The van der Waals surface area contributed by atoms with Crippen molar-refractivity contribution in [1.82, 2.24) is 5.32 Å². The Balaban J connectivity index is 2.15. The zero-order valence-electron chi connectivity index (χ0n) is 8.34. The average molecular weight is 179 g/mol. The molecule has 1 aliphatic carbocycles. The molecule has 2 rings (SSSR count). The van der Waals surface area contributed by atoms with Crippen molar-refractivity contribution in [1.29, 1.82) is 0 Å². The Bertz CT molecular complexity index is 277. The van der Waals surface area contributed by atoms with E-state index in [0.717, 1.165) is 6.42 Å². The molecule has 1 N–H and O–H groups in total. The molecule has 2 nitrogen and oxygen atoms in total. The molecule has 1 aromatic heterocycles. The number of fused-ring (bicyclic) bond motifs is 1. The summed E-state index contributed by atoms with van der Waals surface area (Å²) in [6.45, 7) is 4.38. The molecule has 72 valence electrons. The monoisotopic (exact) mass is 179 g/mol. The lowest BCUT2D eigenvalue weighted by Gasteiger charge is -2.24. The Labute approximate surface area is 79.3 Å². The maximum absolute atomic E-state index is 5.43. The minimum atomic E-state index is 0.516. The summed E-state index contributed by atoms with van der Waals surface area (Å²) < 4.78 is 5.43. The van der Waals surface area contributed by atoms with Crippen LogP contribution < -0.4 is 5.32 Å². The molecule has 0 spiro atoms. The third-order valence-corrected chi connectivity index (χ3v) is 2.59. The minimum absolute atomic E-state index is 0.516. The maximum atomic E-state index is 5.43. The highest BCUT2D eigenvalue weighted by atomic mass is 16.3. The Morgan fingerprint density at radius 2 is 2.38 bits per heavy atom. The van der Waals surface area contributed by atoms with E-state index in [4.69, 9.17) is 4.42 Å². The Kier molecular flexibility index (Phi) is 2.40. The summed E-state index contributed by atoms with van der Waals surface area (Å²) in [7, 11) is 0. The van der Waals surface area contributed by atoms with Crippen molar-refractivity contribution in [3.8, 4) is 0 Å². The lowest BCUT2D eigenvalue weighted by molar-refractivity contribution is 0.391. The van der Waals surface area contributed by atoms with Crippen LogP contribution in [0.3, 0.4) is 0 Å². The number of rotatable bonds is 2. The first-order chi connectivity index (χ1) is 6.27. The van der Waals surface area contributed by atoms with Gasteiger partial charge in [0.15, 0.2) is 0 Å². The molecule has 2 heteroatoms. The van der Waals surface area contributed by atoms with Crippen LogP contribution in [0, 0.1) is 0 Å². The van der Waals surface area contributed by atoms with Gasteiger partial charge in [0.05, 0.1) is 6.26 Å². The van der Waals surface area contributed by atoms with Gasteiger partial charge in [0, 0.05) is 24.1 Å². The lowest BCUT2D eigenvalue weighted by Crippen LogP contribution is -2.30. The fourth-order valence-corrected chi connectivity index (χ4v) is 2.06. The molecule has 1 aromatic rings. The van der Waals surface area contributed by atoms with E-state index in [9.17, 15) is 0 Å². The Hall–Kier alpha value is -0.760. The molecule has 0 aliphatic heterocycles. The first-order valence-electron chi connectivity index (χ1n) is 5.09. The van der Waals surface area contributed by atoms with Gasteiger partial charge in [-0.05, 0) is 18.9 Å². The zero-order chi connectivity index (χ0) is 9.26. The number of aryl methyl sites for hydroxylation is 1.